The topological polar surface area (TPSA) is 18.5 Å². The Bertz CT molecular complexity index is 110. The average Bonchev–Trinajstić information content (AvgIpc) is 2.31. The Labute approximate surface area is 115 Å². The Morgan fingerprint density at radius 3 is 1.50 bits per heavy atom. The molecule has 0 saturated heterocycles. The summed E-state index contributed by atoms with van der Waals surface area (Å²) in [6, 6.07) is 0. The van der Waals surface area contributed by atoms with E-state index in [0.717, 1.165) is 13.2 Å². The van der Waals surface area contributed by atoms with E-state index < -0.39 is 31.5 Å². The summed E-state index contributed by atoms with van der Waals surface area (Å²) in [6.07, 6.45) is 7.85. The third-order valence-corrected chi connectivity index (χ3v) is 8.34. The number of hydrogen-bond acceptors (Lipinski definition) is 2. The third kappa shape index (κ3) is 15.0. The molecule has 0 aliphatic carbocycles. The van der Waals surface area contributed by atoms with Crippen LogP contribution in [-0.4, -0.2) is 44.7 Å². The summed E-state index contributed by atoms with van der Waals surface area (Å²) in [5, 5.41) is 2.82. The van der Waals surface area contributed by atoms with Crippen molar-refractivity contribution in [3.05, 3.63) is 0 Å². The molecule has 4 heteroatoms. The molecule has 0 unspecified atom stereocenters. The fourth-order valence-electron chi connectivity index (χ4n) is 1.52. The van der Waals surface area contributed by atoms with Crippen molar-refractivity contribution in [2.45, 2.75) is 62.9 Å². The number of unbranched alkanes of at least 4 members (excludes halogenated alkanes) is 3. The van der Waals surface area contributed by atoms with Gasteiger partial charge >= 0.3 is 115 Å². The molecule has 2 nitrogen and oxygen atoms in total. The molecule has 0 saturated carbocycles. The van der Waals surface area contributed by atoms with Gasteiger partial charge < -0.3 is 0 Å². The zero-order valence-electron chi connectivity index (χ0n) is 11.3. The number of hydrogen-bond donors (Lipinski definition) is 0. The van der Waals surface area contributed by atoms with Crippen molar-refractivity contribution in [3.8, 4) is 0 Å². The van der Waals surface area contributed by atoms with Gasteiger partial charge in [-0.3, -0.25) is 0 Å². The maximum absolute atomic E-state index is 5.73. The molecule has 0 N–H and O–H groups in total. The van der Waals surface area contributed by atoms with Gasteiger partial charge in [0.05, 0.1) is 0 Å². The molecule has 98 valence electrons. The van der Waals surface area contributed by atoms with Crippen molar-refractivity contribution in [1.82, 2.24) is 0 Å². The van der Waals surface area contributed by atoms with Gasteiger partial charge in [0, 0.05) is 0 Å². The molecule has 0 heterocycles. The van der Waals surface area contributed by atoms with E-state index in [1.54, 1.807) is 0 Å². The third-order valence-electron chi connectivity index (χ3n) is 2.61. The van der Waals surface area contributed by atoms with Crippen molar-refractivity contribution < 1.29 is 7.53 Å². The van der Waals surface area contributed by atoms with Crippen molar-refractivity contribution >= 4 is 31.5 Å². The van der Waals surface area contributed by atoms with Gasteiger partial charge in [-0.1, -0.05) is 0 Å². The van der Waals surface area contributed by atoms with Crippen LogP contribution in [0.15, 0.2) is 0 Å². The molecular formula is C12H30Ge2O2. The van der Waals surface area contributed by atoms with Gasteiger partial charge in [-0.05, 0) is 0 Å². The summed E-state index contributed by atoms with van der Waals surface area (Å²) in [7, 11) is 0. The molecule has 0 atom stereocenters. The minimum absolute atomic E-state index is 0.574. The average molecular weight is 352 g/mol. The van der Waals surface area contributed by atoms with E-state index in [-0.39, 0.29) is 0 Å². The quantitative estimate of drug-likeness (QED) is 0.375. The first kappa shape index (κ1) is 17.0. The molecule has 0 aromatic carbocycles. The van der Waals surface area contributed by atoms with Gasteiger partial charge in [-0.15, -0.1) is 0 Å². The van der Waals surface area contributed by atoms with E-state index >= 15 is 0 Å². The molecular weight excluding hydrogens is 321 g/mol. The van der Waals surface area contributed by atoms with E-state index in [2.05, 4.69) is 13.8 Å². The number of rotatable bonds is 13. The summed E-state index contributed by atoms with van der Waals surface area (Å²) < 4.78 is 11.5. The van der Waals surface area contributed by atoms with Gasteiger partial charge in [0.25, 0.3) is 0 Å². The molecule has 0 aliphatic heterocycles. The molecule has 0 aromatic rings. The molecule has 16 heavy (non-hydrogen) atoms. The molecule has 0 bridgehead atoms. The van der Waals surface area contributed by atoms with Crippen LogP contribution < -0.4 is 0 Å². The predicted molar refractivity (Wildman–Crippen MR) is 77.7 cm³/mol. The van der Waals surface area contributed by atoms with E-state index in [1.165, 1.54) is 49.0 Å². The second-order valence-electron chi connectivity index (χ2n) is 4.35. The monoisotopic (exact) mass is 354 g/mol. The SMILES string of the molecule is CCC[CH2][GeH2][O]CCCC[O][GeH2][CH2]CCC. The molecule has 0 aliphatic rings. The van der Waals surface area contributed by atoms with Crippen LogP contribution in [0.2, 0.25) is 10.5 Å². The zero-order chi connectivity index (χ0) is 11.9. The van der Waals surface area contributed by atoms with Crippen molar-refractivity contribution in [2.24, 2.45) is 0 Å². The first-order chi connectivity index (χ1) is 7.91. The van der Waals surface area contributed by atoms with Gasteiger partial charge in [-0.25, -0.2) is 0 Å². The zero-order valence-corrected chi connectivity index (χ0v) is 17.2. The Morgan fingerprint density at radius 1 is 0.688 bits per heavy atom. The molecule has 0 amide bonds. The van der Waals surface area contributed by atoms with Crippen molar-refractivity contribution in [2.75, 3.05) is 13.2 Å². The van der Waals surface area contributed by atoms with Crippen LogP contribution in [0, 0.1) is 0 Å². The summed E-state index contributed by atoms with van der Waals surface area (Å²) in [5.74, 6) is 0. The Balaban J connectivity index is 2.83. The normalized spacial score (nSPS) is 12.4. The predicted octanol–water partition coefficient (Wildman–Crippen LogP) is 2.40. The van der Waals surface area contributed by atoms with Crippen molar-refractivity contribution in [1.29, 1.82) is 0 Å². The summed E-state index contributed by atoms with van der Waals surface area (Å²) >= 11 is -1.15. The van der Waals surface area contributed by atoms with E-state index in [9.17, 15) is 0 Å². The fraction of sp³-hybridized carbons (Fsp3) is 1.00. The maximum atomic E-state index is 5.73. The molecule has 0 aromatic heterocycles. The van der Waals surface area contributed by atoms with Crippen LogP contribution in [0.4, 0.5) is 0 Å². The van der Waals surface area contributed by atoms with Gasteiger partial charge in [0.15, 0.2) is 0 Å². The first-order valence-electron chi connectivity index (χ1n) is 7.07. The fourth-order valence-corrected chi connectivity index (χ4v) is 7.04. The van der Waals surface area contributed by atoms with Gasteiger partial charge in [-0.2, -0.15) is 0 Å². The second-order valence-corrected chi connectivity index (χ2v) is 10.7. The van der Waals surface area contributed by atoms with Crippen molar-refractivity contribution in [3.63, 3.8) is 0 Å². The van der Waals surface area contributed by atoms with Crippen LogP contribution in [-0.2, 0) is 7.53 Å². The van der Waals surface area contributed by atoms with E-state index in [0.29, 0.717) is 0 Å². The van der Waals surface area contributed by atoms with E-state index in [1.807, 2.05) is 0 Å². The molecule has 0 fully saturated rings. The molecule has 0 spiro atoms. The van der Waals surface area contributed by atoms with Crippen LogP contribution in [0.5, 0.6) is 0 Å². The minimum atomic E-state index is -0.574. The Morgan fingerprint density at radius 2 is 1.12 bits per heavy atom. The van der Waals surface area contributed by atoms with Crippen LogP contribution in [0.3, 0.4) is 0 Å². The van der Waals surface area contributed by atoms with Gasteiger partial charge in [0.1, 0.15) is 0 Å². The Kier molecular flexibility index (Phi) is 17.0. The second kappa shape index (κ2) is 16.0. The van der Waals surface area contributed by atoms with Crippen LogP contribution in [0.25, 0.3) is 0 Å². The van der Waals surface area contributed by atoms with Gasteiger partial charge in [0.2, 0.25) is 0 Å². The van der Waals surface area contributed by atoms with Crippen LogP contribution >= 0.6 is 0 Å². The first-order valence-corrected chi connectivity index (χ1v) is 13.7. The summed E-state index contributed by atoms with van der Waals surface area (Å²) in [6.45, 7) is 6.52. The van der Waals surface area contributed by atoms with Crippen LogP contribution in [0.1, 0.15) is 52.4 Å². The summed E-state index contributed by atoms with van der Waals surface area (Å²) in [5.41, 5.74) is 0. The summed E-state index contributed by atoms with van der Waals surface area (Å²) in [4.78, 5) is 0. The Hall–Kier alpha value is 1.01. The molecule has 0 rings (SSSR count). The van der Waals surface area contributed by atoms with E-state index in [4.69, 9.17) is 7.53 Å². The molecule has 0 radical (unpaired) electrons. The standard InChI is InChI=1S/C12H30Ge2O2/c1-3-5-9-13-15-11-7-8-12-16-14-10-6-4-2/h3-14H2,1-2H3.